The minimum absolute atomic E-state index is 0.271. The average Bonchev–Trinajstić information content (AvgIpc) is 2.53. The van der Waals surface area contributed by atoms with E-state index in [1.54, 1.807) is 0 Å². The van der Waals surface area contributed by atoms with Gasteiger partial charge in [-0.1, -0.05) is 13.0 Å². The summed E-state index contributed by atoms with van der Waals surface area (Å²) in [6.07, 6.45) is 5.32. The second-order valence-electron chi connectivity index (χ2n) is 6.25. The quantitative estimate of drug-likeness (QED) is 0.794. The molecule has 1 fully saturated rings. The van der Waals surface area contributed by atoms with Crippen LogP contribution in [-0.4, -0.2) is 56.3 Å². The van der Waals surface area contributed by atoms with Gasteiger partial charge < -0.3 is 15.0 Å². The molecule has 1 N–H and O–H groups in total. The van der Waals surface area contributed by atoms with Gasteiger partial charge in [0.05, 0.1) is 6.61 Å². The van der Waals surface area contributed by atoms with E-state index >= 15 is 0 Å². The second kappa shape index (κ2) is 8.47. The van der Waals surface area contributed by atoms with Crippen molar-refractivity contribution in [2.24, 2.45) is 5.41 Å². The number of rotatable bonds is 8. The third-order valence-electron chi connectivity index (χ3n) is 4.24. The monoisotopic (exact) mass is 291 g/mol. The van der Waals surface area contributed by atoms with Gasteiger partial charge in [-0.2, -0.15) is 0 Å². The van der Waals surface area contributed by atoms with E-state index in [4.69, 9.17) is 4.74 Å². The van der Waals surface area contributed by atoms with Gasteiger partial charge in [0.1, 0.15) is 0 Å². The van der Waals surface area contributed by atoms with Crippen LogP contribution < -0.4 is 5.32 Å². The smallest absolute Gasteiger partial charge is 0.0546 e. The molecule has 0 bridgehead atoms. The molecule has 0 spiro atoms. The molecule has 1 aliphatic heterocycles. The van der Waals surface area contributed by atoms with Crippen LogP contribution in [-0.2, 0) is 11.2 Å². The molecule has 118 valence electrons. The lowest BCUT2D eigenvalue weighted by molar-refractivity contribution is -0.0223. The number of aromatic nitrogens is 1. The molecule has 0 saturated carbocycles. The van der Waals surface area contributed by atoms with Crippen molar-refractivity contribution in [2.75, 3.05) is 46.4 Å². The Kier molecular flexibility index (Phi) is 6.61. The summed E-state index contributed by atoms with van der Waals surface area (Å²) in [7, 11) is 2.21. The summed E-state index contributed by atoms with van der Waals surface area (Å²) in [6, 6.07) is 6.13. The molecule has 1 atom stereocenters. The lowest BCUT2D eigenvalue weighted by atomic mass is 9.81. The molecule has 1 aromatic heterocycles. The summed E-state index contributed by atoms with van der Waals surface area (Å²) >= 11 is 0. The summed E-state index contributed by atoms with van der Waals surface area (Å²) in [6.45, 7) is 8.19. The predicted molar refractivity (Wildman–Crippen MR) is 86.5 cm³/mol. The van der Waals surface area contributed by atoms with Gasteiger partial charge in [0, 0.05) is 50.0 Å². The van der Waals surface area contributed by atoms with E-state index in [1.165, 1.54) is 18.5 Å². The van der Waals surface area contributed by atoms with Crippen molar-refractivity contribution < 1.29 is 4.74 Å². The Hall–Kier alpha value is -0.970. The largest absolute Gasteiger partial charge is 0.381 e. The van der Waals surface area contributed by atoms with Gasteiger partial charge >= 0.3 is 0 Å². The molecule has 1 unspecified atom stereocenters. The van der Waals surface area contributed by atoms with Gasteiger partial charge in [-0.15, -0.1) is 0 Å². The van der Waals surface area contributed by atoms with E-state index in [1.807, 2.05) is 12.3 Å². The topological polar surface area (TPSA) is 37.4 Å². The van der Waals surface area contributed by atoms with E-state index in [0.717, 1.165) is 45.8 Å². The highest BCUT2D eigenvalue weighted by molar-refractivity contribution is 5.03. The lowest BCUT2D eigenvalue weighted by Crippen LogP contribution is -2.48. The summed E-state index contributed by atoms with van der Waals surface area (Å²) in [4.78, 5) is 6.83. The Labute approximate surface area is 128 Å². The van der Waals surface area contributed by atoms with Crippen molar-refractivity contribution in [2.45, 2.75) is 26.2 Å². The van der Waals surface area contributed by atoms with Crippen molar-refractivity contribution in [3.63, 3.8) is 0 Å². The fourth-order valence-corrected chi connectivity index (χ4v) is 3.12. The fourth-order valence-electron chi connectivity index (χ4n) is 3.12. The molecule has 2 rings (SSSR count). The minimum atomic E-state index is 0.271. The molecule has 21 heavy (non-hydrogen) atoms. The van der Waals surface area contributed by atoms with Gasteiger partial charge in [-0.25, -0.2) is 0 Å². The van der Waals surface area contributed by atoms with E-state index in [0.29, 0.717) is 0 Å². The molecule has 1 saturated heterocycles. The van der Waals surface area contributed by atoms with Crippen molar-refractivity contribution >= 4 is 0 Å². The second-order valence-corrected chi connectivity index (χ2v) is 6.25. The zero-order chi connectivity index (χ0) is 15.0. The Balaban J connectivity index is 1.84. The summed E-state index contributed by atoms with van der Waals surface area (Å²) < 4.78 is 5.77. The highest BCUT2D eigenvalue weighted by atomic mass is 16.5. The van der Waals surface area contributed by atoms with Crippen molar-refractivity contribution in [3.05, 3.63) is 30.1 Å². The molecule has 2 heterocycles. The fraction of sp³-hybridized carbons (Fsp3) is 0.706. The van der Waals surface area contributed by atoms with Crippen molar-refractivity contribution in [3.8, 4) is 0 Å². The molecule has 0 aliphatic carbocycles. The van der Waals surface area contributed by atoms with E-state index in [9.17, 15) is 0 Å². The van der Waals surface area contributed by atoms with Crippen LogP contribution in [0.15, 0.2) is 24.4 Å². The maximum absolute atomic E-state index is 5.77. The number of hydrogen-bond acceptors (Lipinski definition) is 4. The summed E-state index contributed by atoms with van der Waals surface area (Å²) in [5.74, 6) is 0. The summed E-state index contributed by atoms with van der Waals surface area (Å²) in [5, 5.41) is 3.52. The zero-order valence-electron chi connectivity index (χ0n) is 13.5. The zero-order valence-corrected chi connectivity index (χ0v) is 13.5. The first-order chi connectivity index (χ1) is 10.2. The van der Waals surface area contributed by atoms with Crippen LogP contribution in [0, 0.1) is 5.41 Å². The Bertz CT molecular complexity index is 390. The van der Waals surface area contributed by atoms with Crippen LogP contribution >= 0.6 is 0 Å². The maximum atomic E-state index is 5.77. The molecule has 4 heteroatoms. The highest BCUT2D eigenvalue weighted by Gasteiger charge is 2.33. The van der Waals surface area contributed by atoms with Crippen molar-refractivity contribution in [1.29, 1.82) is 0 Å². The van der Waals surface area contributed by atoms with Crippen LogP contribution in [0.25, 0.3) is 0 Å². The molecule has 4 nitrogen and oxygen atoms in total. The molecular weight excluding hydrogens is 262 g/mol. The number of likely N-dealkylation sites (N-methyl/N-ethyl adjacent to an activating group) is 1. The first kappa shape index (κ1) is 16.4. The van der Waals surface area contributed by atoms with Crippen LogP contribution in [0.2, 0.25) is 0 Å². The number of pyridine rings is 1. The summed E-state index contributed by atoms with van der Waals surface area (Å²) in [5.41, 5.74) is 1.44. The number of nitrogens with zero attached hydrogens (tertiary/aromatic N) is 2. The molecule has 1 aliphatic rings. The standard InChI is InChI=1S/C17H29N3O/c1-3-18-13-17(9-6-12-21-15-17)14-20(2)11-8-16-7-4-5-10-19-16/h4-5,7,10,18H,3,6,8-9,11-15H2,1-2H3. The first-order valence-electron chi connectivity index (χ1n) is 8.11. The maximum Gasteiger partial charge on any atom is 0.0546 e. The van der Waals surface area contributed by atoms with Gasteiger partial charge in [-0.05, 0) is 38.6 Å². The van der Waals surface area contributed by atoms with E-state index < -0.39 is 0 Å². The van der Waals surface area contributed by atoms with Crippen LogP contribution in [0.3, 0.4) is 0 Å². The van der Waals surface area contributed by atoms with Crippen molar-refractivity contribution in [1.82, 2.24) is 15.2 Å². The number of ether oxygens (including phenoxy) is 1. The van der Waals surface area contributed by atoms with Crippen LogP contribution in [0.4, 0.5) is 0 Å². The minimum Gasteiger partial charge on any atom is -0.381 e. The third kappa shape index (κ3) is 5.38. The van der Waals surface area contributed by atoms with E-state index in [2.05, 4.69) is 41.3 Å². The molecule has 1 aromatic rings. The normalized spacial score (nSPS) is 22.6. The molecule has 0 radical (unpaired) electrons. The van der Waals surface area contributed by atoms with Crippen LogP contribution in [0.1, 0.15) is 25.5 Å². The average molecular weight is 291 g/mol. The van der Waals surface area contributed by atoms with E-state index in [-0.39, 0.29) is 5.41 Å². The number of nitrogens with one attached hydrogen (secondary N) is 1. The highest BCUT2D eigenvalue weighted by Crippen LogP contribution is 2.28. The molecule has 0 amide bonds. The van der Waals surface area contributed by atoms with Gasteiger partial charge in [0.15, 0.2) is 0 Å². The number of hydrogen-bond donors (Lipinski definition) is 1. The van der Waals surface area contributed by atoms with Gasteiger partial charge in [0.25, 0.3) is 0 Å². The third-order valence-corrected chi connectivity index (χ3v) is 4.24. The predicted octanol–water partition coefficient (Wildman–Crippen LogP) is 1.96. The Morgan fingerprint density at radius 1 is 1.43 bits per heavy atom. The first-order valence-corrected chi connectivity index (χ1v) is 8.11. The lowest BCUT2D eigenvalue weighted by Gasteiger charge is -2.40. The molecule has 0 aromatic carbocycles. The molecular formula is C17H29N3O. The Morgan fingerprint density at radius 2 is 2.33 bits per heavy atom. The van der Waals surface area contributed by atoms with Gasteiger partial charge in [0.2, 0.25) is 0 Å². The Morgan fingerprint density at radius 3 is 3.00 bits per heavy atom. The van der Waals surface area contributed by atoms with Gasteiger partial charge in [-0.3, -0.25) is 4.98 Å². The van der Waals surface area contributed by atoms with Crippen LogP contribution in [0.5, 0.6) is 0 Å². The SMILES string of the molecule is CCNCC1(CN(C)CCc2ccccn2)CCCOC1.